The maximum absolute atomic E-state index is 12.7. The van der Waals surface area contributed by atoms with Gasteiger partial charge in [-0.15, -0.1) is 0 Å². The molecule has 1 aliphatic heterocycles. The molecule has 0 radical (unpaired) electrons. The number of ether oxygens (including phenoxy) is 1. The van der Waals surface area contributed by atoms with E-state index in [2.05, 4.69) is 4.90 Å². The van der Waals surface area contributed by atoms with Crippen LogP contribution in [0, 0.1) is 0 Å². The number of hydrogen-bond acceptors (Lipinski definition) is 4. The molecule has 0 aromatic heterocycles. The lowest BCUT2D eigenvalue weighted by molar-refractivity contribution is 0.222. The second-order valence-electron chi connectivity index (χ2n) is 5.71. The summed E-state index contributed by atoms with van der Waals surface area (Å²) in [6.07, 6.45) is 0. The number of rotatable bonds is 4. The Hall–Kier alpha value is -1.60. The van der Waals surface area contributed by atoms with Crippen molar-refractivity contribution in [2.24, 2.45) is 0 Å². The Morgan fingerprint density at radius 3 is 2.21 bits per heavy atom. The normalized spacial score (nSPS) is 16.9. The Kier molecular flexibility index (Phi) is 5.10. The Bertz CT molecular complexity index is 801. The third-order valence-corrected chi connectivity index (χ3v) is 6.21. The van der Waals surface area contributed by atoms with Gasteiger partial charge in [0, 0.05) is 26.2 Å². The van der Waals surface area contributed by atoms with E-state index in [9.17, 15) is 8.42 Å². The molecule has 0 amide bonds. The molecule has 24 heavy (non-hydrogen) atoms. The number of piperazine rings is 1. The van der Waals surface area contributed by atoms with Crippen molar-refractivity contribution in [3.8, 4) is 11.5 Å². The van der Waals surface area contributed by atoms with Crippen LogP contribution in [0.2, 0.25) is 5.02 Å². The van der Waals surface area contributed by atoms with Crippen LogP contribution in [0.15, 0.2) is 53.4 Å². The molecule has 2 aromatic rings. The number of nitrogens with zero attached hydrogens (tertiary/aromatic N) is 2. The number of sulfonamides is 1. The topological polar surface area (TPSA) is 49.9 Å². The minimum atomic E-state index is -3.46. The van der Waals surface area contributed by atoms with Crippen LogP contribution in [0.25, 0.3) is 0 Å². The lowest BCUT2D eigenvalue weighted by atomic mass is 10.3. The lowest BCUT2D eigenvalue weighted by Crippen LogP contribution is -2.46. The number of benzene rings is 2. The van der Waals surface area contributed by atoms with E-state index < -0.39 is 10.0 Å². The molecule has 128 valence electrons. The van der Waals surface area contributed by atoms with Crippen LogP contribution in [0.3, 0.4) is 0 Å². The van der Waals surface area contributed by atoms with Crippen LogP contribution < -0.4 is 4.74 Å². The highest BCUT2D eigenvalue weighted by Gasteiger charge is 2.27. The quantitative estimate of drug-likeness (QED) is 0.834. The van der Waals surface area contributed by atoms with Crippen molar-refractivity contribution in [1.82, 2.24) is 9.21 Å². The van der Waals surface area contributed by atoms with Crippen molar-refractivity contribution in [3.63, 3.8) is 0 Å². The summed E-state index contributed by atoms with van der Waals surface area (Å²) in [5, 5.41) is 0.506. The molecule has 0 unspecified atom stereocenters. The van der Waals surface area contributed by atoms with E-state index in [1.807, 2.05) is 19.2 Å². The molecule has 2 aromatic carbocycles. The van der Waals surface area contributed by atoms with Crippen molar-refractivity contribution in [3.05, 3.63) is 53.6 Å². The molecule has 0 N–H and O–H groups in total. The monoisotopic (exact) mass is 366 g/mol. The van der Waals surface area contributed by atoms with Gasteiger partial charge in [0.15, 0.2) is 0 Å². The van der Waals surface area contributed by atoms with Gasteiger partial charge in [0.1, 0.15) is 11.5 Å². The summed E-state index contributed by atoms with van der Waals surface area (Å²) >= 11 is 6.06. The number of para-hydroxylation sites is 1. The third kappa shape index (κ3) is 3.72. The van der Waals surface area contributed by atoms with Crippen molar-refractivity contribution < 1.29 is 13.2 Å². The van der Waals surface area contributed by atoms with Crippen LogP contribution in [0.4, 0.5) is 0 Å². The first kappa shape index (κ1) is 17.2. The van der Waals surface area contributed by atoms with Gasteiger partial charge in [-0.25, -0.2) is 8.42 Å². The van der Waals surface area contributed by atoms with Gasteiger partial charge in [-0.3, -0.25) is 0 Å². The minimum Gasteiger partial charge on any atom is -0.456 e. The molecule has 1 heterocycles. The largest absolute Gasteiger partial charge is 0.456 e. The van der Waals surface area contributed by atoms with Gasteiger partial charge in [0.2, 0.25) is 10.0 Å². The molecule has 0 saturated carbocycles. The van der Waals surface area contributed by atoms with Gasteiger partial charge in [-0.05, 0) is 43.4 Å². The summed E-state index contributed by atoms with van der Waals surface area (Å²) in [6.45, 7) is 2.51. The molecule has 0 spiro atoms. The molecule has 7 heteroatoms. The van der Waals surface area contributed by atoms with Gasteiger partial charge >= 0.3 is 0 Å². The molecule has 1 fully saturated rings. The Balaban J connectivity index is 1.75. The minimum absolute atomic E-state index is 0.276. The van der Waals surface area contributed by atoms with Crippen molar-refractivity contribution in [2.45, 2.75) is 4.90 Å². The van der Waals surface area contributed by atoms with Gasteiger partial charge in [-0.1, -0.05) is 23.7 Å². The SMILES string of the molecule is CN1CCN(S(=O)(=O)c2ccc(Oc3ccccc3Cl)cc2)CC1. The maximum Gasteiger partial charge on any atom is 0.243 e. The Labute approximate surface area is 147 Å². The molecule has 0 atom stereocenters. The predicted molar refractivity (Wildman–Crippen MR) is 94.2 cm³/mol. The second-order valence-corrected chi connectivity index (χ2v) is 8.06. The summed E-state index contributed by atoms with van der Waals surface area (Å²) in [4.78, 5) is 2.39. The molecule has 1 aliphatic rings. The zero-order chi connectivity index (χ0) is 17.2. The average Bonchev–Trinajstić information content (AvgIpc) is 2.58. The lowest BCUT2D eigenvalue weighted by Gasteiger charge is -2.31. The number of likely N-dealkylation sites (N-methyl/N-ethyl adjacent to an activating group) is 1. The van der Waals surface area contributed by atoms with Crippen molar-refractivity contribution in [2.75, 3.05) is 33.2 Å². The summed E-state index contributed by atoms with van der Waals surface area (Å²) in [5.74, 6) is 1.08. The van der Waals surface area contributed by atoms with Crippen LogP contribution >= 0.6 is 11.6 Å². The van der Waals surface area contributed by atoms with Crippen molar-refractivity contribution >= 4 is 21.6 Å². The van der Waals surface area contributed by atoms with Gasteiger partial charge < -0.3 is 9.64 Å². The summed E-state index contributed by atoms with van der Waals surface area (Å²) < 4.78 is 32.5. The highest BCUT2D eigenvalue weighted by Crippen LogP contribution is 2.29. The zero-order valence-electron chi connectivity index (χ0n) is 13.4. The van der Waals surface area contributed by atoms with E-state index >= 15 is 0 Å². The smallest absolute Gasteiger partial charge is 0.243 e. The van der Waals surface area contributed by atoms with Crippen LogP contribution in [0.5, 0.6) is 11.5 Å². The highest BCUT2D eigenvalue weighted by molar-refractivity contribution is 7.89. The van der Waals surface area contributed by atoms with Gasteiger partial charge in [0.25, 0.3) is 0 Å². The predicted octanol–water partition coefficient (Wildman–Crippen LogP) is 3.07. The van der Waals surface area contributed by atoms with E-state index in [1.165, 1.54) is 4.31 Å². The molecule has 1 saturated heterocycles. The van der Waals surface area contributed by atoms with E-state index in [-0.39, 0.29) is 4.90 Å². The first-order chi connectivity index (χ1) is 11.5. The first-order valence-corrected chi connectivity index (χ1v) is 9.50. The maximum atomic E-state index is 12.7. The van der Waals surface area contributed by atoms with E-state index in [1.54, 1.807) is 36.4 Å². The fraction of sp³-hybridized carbons (Fsp3) is 0.294. The summed E-state index contributed by atoms with van der Waals surface area (Å²) in [6, 6.07) is 13.6. The standard InChI is InChI=1S/C17H19ClN2O3S/c1-19-10-12-20(13-11-19)24(21,22)15-8-6-14(7-9-15)23-17-5-3-2-4-16(17)18/h2-9H,10-13H2,1H3. The fourth-order valence-corrected chi connectivity index (χ4v) is 4.11. The molecule has 0 aliphatic carbocycles. The summed E-state index contributed by atoms with van der Waals surface area (Å²) in [5.41, 5.74) is 0. The van der Waals surface area contributed by atoms with Crippen LogP contribution in [-0.4, -0.2) is 50.8 Å². The molecular formula is C17H19ClN2O3S. The third-order valence-electron chi connectivity index (χ3n) is 3.99. The van der Waals surface area contributed by atoms with E-state index in [0.29, 0.717) is 29.6 Å². The Morgan fingerprint density at radius 1 is 0.958 bits per heavy atom. The summed E-state index contributed by atoms with van der Waals surface area (Å²) in [7, 11) is -1.47. The highest BCUT2D eigenvalue weighted by atomic mass is 35.5. The molecule has 0 bridgehead atoms. The van der Waals surface area contributed by atoms with E-state index in [0.717, 1.165) is 13.1 Å². The average molecular weight is 367 g/mol. The molecular weight excluding hydrogens is 348 g/mol. The molecule has 3 rings (SSSR count). The molecule has 5 nitrogen and oxygen atoms in total. The van der Waals surface area contributed by atoms with Crippen LogP contribution in [-0.2, 0) is 10.0 Å². The van der Waals surface area contributed by atoms with Gasteiger partial charge in [0.05, 0.1) is 9.92 Å². The number of halogens is 1. The van der Waals surface area contributed by atoms with Crippen LogP contribution in [0.1, 0.15) is 0 Å². The second kappa shape index (κ2) is 7.11. The fourth-order valence-electron chi connectivity index (χ4n) is 2.51. The van der Waals surface area contributed by atoms with Crippen molar-refractivity contribution in [1.29, 1.82) is 0 Å². The van der Waals surface area contributed by atoms with E-state index in [4.69, 9.17) is 16.3 Å². The first-order valence-electron chi connectivity index (χ1n) is 7.68. The Morgan fingerprint density at radius 2 is 1.58 bits per heavy atom. The van der Waals surface area contributed by atoms with Gasteiger partial charge in [-0.2, -0.15) is 4.31 Å². The number of hydrogen-bond donors (Lipinski definition) is 0. The zero-order valence-corrected chi connectivity index (χ0v) is 14.9.